The lowest BCUT2D eigenvalue weighted by molar-refractivity contribution is -0.126. The van der Waals surface area contributed by atoms with Crippen molar-refractivity contribution in [3.8, 4) is 0 Å². The van der Waals surface area contributed by atoms with E-state index in [1.165, 1.54) is 20.2 Å². The smallest absolute Gasteiger partial charge is 0.253 e. The highest BCUT2D eigenvalue weighted by molar-refractivity contribution is 9.10. The Morgan fingerprint density at radius 2 is 1.93 bits per heavy atom. The van der Waals surface area contributed by atoms with Crippen LogP contribution in [0.4, 0.5) is 0 Å². The summed E-state index contributed by atoms with van der Waals surface area (Å²) in [6.07, 6.45) is 3.59. The summed E-state index contributed by atoms with van der Waals surface area (Å²) in [4.78, 5) is 27.0. The average molecular weight is 458 g/mol. The van der Waals surface area contributed by atoms with Gasteiger partial charge in [-0.3, -0.25) is 9.59 Å². The first-order valence-corrected chi connectivity index (χ1v) is 11.2. The first kappa shape index (κ1) is 20.3. The normalized spacial score (nSPS) is 20.6. The predicted molar refractivity (Wildman–Crippen MR) is 105 cm³/mol. The molecular formula is C18H24BrN3O4S. The summed E-state index contributed by atoms with van der Waals surface area (Å²) in [5, 5.41) is 3.00. The number of carbonyl (C=O) groups excluding carboxylic acids is 2. The van der Waals surface area contributed by atoms with Crippen molar-refractivity contribution in [3.05, 3.63) is 28.2 Å². The van der Waals surface area contributed by atoms with E-state index in [9.17, 15) is 18.0 Å². The van der Waals surface area contributed by atoms with Gasteiger partial charge >= 0.3 is 0 Å². The Balaban J connectivity index is 1.78. The van der Waals surface area contributed by atoms with E-state index in [0.717, 1.165) is 30.0 Å². The van der Waals surface area contributed by atoms with E-state index in [-0.39, 0.29) is 22.6 Å². The number of halogens is 1. The monoisotopic (exact) mass is 457 g/mol. The van der Waals surface area contributed by atoms with Crippen LogP contribution in [0.2, 0.25) is 0 Å². The molecule has 1 heterocycles. The fraction of sp³-hybridized carbons (Fsp3) is 0.556. The van der Waals surface area contributed by atoms with Crippen LogP contribution in [0.5, 0.6) is 0 Å². The van der Waals surface area contributed by atoms with Gasteiger partial charge in [0.05, 0.1) is 10.8 Å². The van der Waals surface area contributed by atoms with E-state index >= 15 is 0 Å². The highest BCUT2D eigenvalue weighted by atomic mass is 79.9. The van der Waals surface area contributed by atoms with Gasteiger partial charge in [-0.2, -0.15) is 0 Å². The van der Waals surface area contributed by atoms with Gasteiger partial charge in [0.1, 0.15) is 0 Å². The Morgan fingerprint density at radius 3 is 2.56 bits per heavy atom. The number of hydrogen-bond donors (Lipinski definition) is 1. The van der Waals surface area contributed by atoms with Gasteiger partial charge in [-0.05, 0) is 59.8 Å². The summed E-state index contributed by atoms with van der Waals surface area (Å²) in [6.45, 7) is 0.932. The molecule has 27 heavy (non-hydrogen) atoms. The highest BCUT2D eigenvalue weighted by Crippen LogP contribution is 2.27. The minimum atomic E-state index is -3.67. The largest absolute Gasteiger partial charge is 0.353 e. The molecule has 0 aromatic heterocycles. The number of likely N-dealkylation sites (tertiary alicyclic amines) is 1. The van der Waals surface area contributed by atoms with Gasteiger partial charge in [0, 0.05) is 43.3 Å². The summed E-state index contributed by atoms with van der Waals surface area (Å²) in [7, 11) is -0.777. The summed E-state index contributed by atoms with van der Waals surface area (Å²) in [5.74, 6) is -0.438. The number of amides is 2. The van der Waals surface area contributed by atoms with E-state index in [1.54, 1.807) is 17.0 Å². The number of nitrogens with one attached hydrogen (secondary N) is 1. The van der Waals surface area contributed by atoms with Crippen molar-refractivity contribution in [1.82, 2.24) is 14.5 Å². The third kappa shape index (κ3) is 4.52. The van der Waals surface area contributed by atoms with Crippen LogP contribution in [0.1, 0.15) is 36.0 Å². The molecular weight excluding hydrogens is 434 g/mol. The number of rotatable bonds is 5. The van der Waals surface area contributed by atoms with Gasteiger partial charge in [0.25, 0.3) is 5.91 Å². The van der Waals surface area contributed by atoms with Crippen molar-refractivity contribution >= 4 is 37.8 Å². The third-order valence-electron chi connectivity index (χ3n) is 4.94. The van der Waals surface area contributed by atoms with Gasteiger partial charge in [-0.1, -0.05) is 0 Å². The number of carbonyl (C=O) groups is 2. The minimum absolute atomic E-state index is 0.0154. The van der Waals surface area contributed by atoms with Crippen molar-refractivity contribution in [2.75, 3.05) is 27.2 Å². The quantitative estimate of drug-likeness (QED) is 0.730. The molecule has 2 aliphatic rings. The number of piperidine rings is 1. The van der Waals surface area contributed by atoms with E-state index in [4.69, 9.17) is 0 Å². The van der Waals surface area contributed by atoms with Crippen molar-refractivity contribution in [2.24, 2.45) is 5.92 Å². The summed E-state index contributed by atoms with van der Waals surface area (Å²) >= 11 is 3.25. The molecule has 2 amide bonds. The topological polar surface area (TPSA) is 86.8 Å². The van der Waals surface area contributed by atoms with Gasteiger partial charge in [0.15, 0.2) is 0 Å². The lowest BCUT2D eigenvalue weighted by atomic mass is 9.96. The standard InChI is InChI=1S/C18H24BrN3O4S/c1-21(2)27(25,26)16-10-12(5-8-15(16)19)18(24)22-9-3-4-13(11-22)17(23)20-14-6-7-14/h5,8,10,13-14H,3-4,6-7,9,11H2,1-2H3,(H,20,23). The molecule has 148 valence electrons. The Labute approximate surface area is 168 Å². The molecule has 1 aromatic carbocycles. The summed E-state index contributed by atoms with van der Waals surface area (Å²) in [6, 6.07) is 4.88. The average Bonchev–Trinajstić information content (AvgIpc) is 3.45. The van der Waals surface area contributed by atoms with Crippen LogP contribution in [0.3, 0.4) is 0 Å². The number of hydrogen-bond acceptors (Lipinski definition) is 4. The lowest BCUT2D eigenvalue weighted by Crippen LogP contribution is -2.45. The molecule has 1 N–H and O–H groups in total. The third-order valence-corrected chi connectivity index (χ3v) is 7.75. The highest BCUT2D eigenvalue weighted by Gasteiger charge is 2.32. The summed E-state index contributed by atoms with van der Waals surface area (Å²) < 4.78 is 26.5. The van der Waals surface area contributed by atoms with E-state index in [0.29, 0.717) is 29.2 Å². The maximum atomic E-state index is 12.9. The molecule has 9 heteroatoms. The van der Waals surface area contributed by atoms with Crippen LogP contribution < -0.4 is 5.32 Å². The van der Waals surface area contributed by atoms with E-state index in [1.807, 2.05) is 0 Å². The van der Waals surface area contributed by atoms with Crippen molar-refractivity contribution in [1.29, 1.82) is 0 Å². The molecule has 1 unspecified atom stereocenters. The van der Waals surface area contributed by atoms with Gasteiger partial charge in [-0.25, -0.2) is 12.7 Å². The second-order valence-electron chi connectivity index (χ2n) is 7.31. The van der Waals surface area contributed by atoms with Gasteiger partial charge in [0.2, 0.25) is 15.9 Å². The zero-order valence-electron chi connectivity index (χ0n) is 15.4. The first-order valence-electron chi connectivity index (χ1n) is 9.02. The van der Waals surface area contributed by atoms with Gasteiger partial charge < -0.3 is 10.2 Å². The lowest BCUT2D eigenvalue weighted by Gasteiger charge is -2.32. The molecule has 3 rings (SSSR count). The molecule has 1 saturated carbocycles. The molecule has 0 bridgehead atoms. The zero-order chi connectivity index (χ0) is 19.8. The SMILES string of the molecule is CN(C)S(=O)(=O)c1cc(C(=O)N2CCCC(C(=O)NC3CC3)C2)ccc1Br. The Bertz CT molecular complexity index is 852. The summed E-state index contributed by atoms with van der Waals surface area (Å²) in [5.41, 5.74) is 0.307. The second-order valence-corrected chi connectivity index (χ2v) is 10.3. The predicted octanol–water partition coefficient (Wildman–Crippen LogP) is 1.83. The molecule has 2 fully saturated rings. The number of sulfonamides is 1. The Morgan fingerprint density at radius 1 is 1.22 bits per heavy atom. The second kappa shape index (κ2) is 7.89. The molecule has 0 spiro atoms. The fourth-order valence-electron chi connectivity index (χ4n) is 3.14. The fourth-order valence-corrected chi connectivity index (χ4v) is 4.98. The van der Waals surface area contributed by atoms with Crippen molar-refractivity contribution < 1.29 is 18.0 Å². The molecule has 1 aliphatic heterocycles. The molecule has 1 aromatic rings. The Hall–Kier alpha value is -1.45. The van der Waals surface area contributed by atoms with Crippen molar-refractivity contribution in [2.45, 2.75) is 36.6 Å². The molecule has 1 saturated heterocycles. The van der Waals surface area contributed by atoms with Crippen LogP contribution in [0, 0.1) is 5.92 Å². The van der Waals surface area contributed by atoms with Crippen LogP contribution >= 0.6 is 15.9 Å². The maximum Gasteiger partial charge on any atom is 0.253 e. The molecule has 1 atom stereocenters. The molecule has 1 aliphatic carbocycles. The Kier molecular flexibility index (Phi) is 5.93. The zero-order valence-corrected chi connectivity index (χ0v) is 17.8. The van der Waals surface area contributed by atoms with Crippen LogP contribution in [0.15, 0.2) is 27.6 Å². The van der Waals surface area contributed by atoms with E-state index in [2.05, 4.69) is 21.2 Å². The minimum Gasteiger partial charge on any atom is -0.353 e. The molecule has 0 radical (unpaired) electrons. The van der Waals surface area contributed by atoms with Crippen LogP contribution in [-0.4, -0.2) is 62.7 Å². The maximum absolute atomic E-state index is 12.9. The van der Waals surface area contributed by atoms with Gasteiger partial charge in [-0.15, -0.1) is 0 Å². The van der Waals surface area contributed by atoms with Crippen molar-refractivity contribution in [3.63, 3.8) is 0 Å². The first-order chi connectivity index (χ1) is 12.7. The number of nitrogens with zero attached hydrogens (tertiary/aromatic N) is 2. The van der Waals surface area contributed by atoms with Crippen LogP contribution in [-0.2, 0) is 14.8 Å². The van der Waals surface area contributed by atoms with Crippen LogP contribution in [0.25, 0.3) is 0 Å². The number of benzene rings is 1. The van der Waals surface area contributed by atoms with E-state index < -0.39 is 10.0 Å². The molecule has 7 nitrogen and oxygen atoms in total.